The highest BCUT2D eigenvalue weighted by Gasteiger charge is 2.39. The van der Waals surface area contributed by atoms with Crippen LogP contribution >= 0.6 is 7.60 Å². The molecule has 0 amide bonds. The fourth-order valence-electron chi connectivity index (χ4n) is 2.84. The summed E-state index contributed by atoms with van der Waals surface area (Å²) in [6.07, 6.45) is 0. The molecule has 23 heavy (non-hydrogen) atoms. The summed E-state index contributed by atoms with van der Waals surface area (Å²) in [5, 5.41) is 0. The van der Waals surface area contributed by atoms with Crippen molar-refractivity contribution in [1.82, 2.24) is 0 Å². The fraction of sp³-hybridized carbons (Fsp3) is 0.368. The first-order valence-corrected chi connectivity index (χ1v) is 9.64. The second-order valence-corrected chi connectivity index (χ2v) is 7.60. The Morgan fingerprint density at radius 2 is 1.22 bits per heavy atom. The maximum Gasteiger partial charge on any atom is 0.342 e. The van der Waals surface area contributed by atoms with Gasteiger partial charge < -0.3 is 9.05 Å². The average molecular weight is 332 g/mol. The molecule has 4 heteroatoms. The van der Waals surface area contributed by atoms with Crippen molar-refractivity contribution >= 4 is 7.60 Å². The molecule has 0 heterocycles. The minimum Gasteiger partial charge on any atom is -0.308 e. The summed E-state index contributed by atoms with van der Waals surface area (Å²) < 4.78 is 24.9. The summed E-state index contributed by atoms with van der Waals surface area (Å²) in [7, 11) is -3.33. The molecular formula is C19H25O3P. The Kier molecular flexibility index (Phi) is 6.17. The standard InChI is InChI=1S/C19H25O3P/c1-5-21-23(20,22-6-2)19(17-13-9-7-11-15(17)3)18-14-10-8-12-16(18)4/h7-14,19H,5-6H2,1-4H3. The third-order valence-electron chi connectivity index (χ3n) is 3.90. The molecule has 0 aliphatic rings. The number of hydrogen-bond donors (Lipinski definition) is 0. The van der Waals surface area contributed by atoms with E-state index < -0.39 is 13.3 Å². The first-order chi connectivity index (χ1) is 11.0. The van der Waals surface area contributed by atoms with Crippen LogP contribution in [0.1, 0.15) is 41.8 Å². The number of hydrogen-bond acceptors (Lipinski definition) is 3. The topological polar surface area (TPSA) is 35.5 Å². The molecule has 124 valence electrons. The summed E-state index contributed by atoms with van der Waals surface area (Å²) >= 11 is 0. The Morgan fingerprint density at radius 3 is 1.57 bits per heavy atom. The minimum absolute atomic E-state index is 0.353. The van der Waals surface area contributed by atoms with E-state index in [1.54, 1.807) is 0 Å². The lowest BCUT2D eigenvalue weighted by Crippen LogP contribution is -2.11. The van der Waals surface area contributed by atoms with Crippen LogP contribution in [0.5, 0.6) is 0 Å². The first kappa shape index (κ1) is 17.9. The van der Waals surface area contributed by atoms with Crippen molar-refractivity contribution in [3.05, 3.63) is 70.8 Å². The van der Waals surface area contributed by atoms with Gasteiger partial charge in [0.25, 0.3) is 0 Å². The van der Waals surface area contributed by atoms with E-state index in [9.17, 15) is 4.57 Å². The molecule has 0 unspecified atom stereocenters. The molecule has 0 atom stereocenters. The van der Waals surface area contributed by atoms with Gasteiger partial charge in [-0.1, -0.05) is 48.5 Å². The van der Waals surface area contributed by atoms with Crippen molar-refractivity contribution in [2.24, 2.45) is 0 Å². The van der Waals surface area contributed by atoms with Crippen molar-refractivity contribution in [2.75, 3.05) is 13.2 Å². The molecule has 0 radical (unpaired) electrons. The Morgan fingerprint density at radius 1 is 0.826 bits per heavy atom. The lowest BCUT2D eigenvalue weighted by atomic mass is 9.97. The molecule has 2 rings (SSSR count). The Labute approximate surface area is 139 Å². The molecule has 0 fully saturated rings. The Hall–Kier alpha value is -1.41. The lowest BCUT2D eigenvalue weighted by Gasteiger charge is -2.29. The zero-order valence-corrected chi connectivity index (χ0v) is 15.2. The molecule has 3 nitrogen and oxygen atoms in total. The number of rotatable bonds is 7. The first-order valence-electron chi connectivity index (χ1n) is 8.03. The van der Waals surface area contributed by atoms with E-state index in [-0.39, 0.29) is 0 Å². The highest BCUT2D eigenvalue weighted by atomic mass is 31.2. The van der Waals surface area contributed by atoms with Crippen LogP contribution in [-0.2, 0) is 13.6 Å². The summed E-state index contributed by atoms with van der Waals surface area (Å²) in [6.45, 7) is 8.46. The van der Waals surface area contributed by atoms with Crippen molar-refractivity contribution < 1.29 is 13.6 Å². The van der Waals surface area contributed by atoms with E-state index in [4.69, 9.17) is 9.05 Å². The SMILES string of the molecule is CCOP(=O)(OCC)C(c1ccccc1C)c1ccccc1C. The van der Waals surface area contributed by atoms with Crippen LogP contribution in [0.4, 0.5) is 0 Å². The van der Waals surface area contributed by atoms with Crippen molar-refractivity contribution in [2.45, 2.75) is 33.4 Å². The van der Waals surface area contributed by atoms with E-state index >= 15 is 0 Å². The molecule has 0 bridgehead atoms. The predicted molar refractivity (Wildman–Crippen MR) is 95.1 cm³/mol. The number of aryl methyl sites for hydroxylation is 2. The zero-order valence-electron chi connectivity index (χ0n) is 14.3. The largest absolute Gasteiger partial charge is 0.342 e. The second kappa shape index (κ2) is 7.92. The third-order valence-corrected chi connectivity index (χ3v) is 6.33. The van der Waals surface area contributed by atoms with Gasteiger partial charge in [0, 0.05) is 0 Å². The molecule has 0 aliphatic carbocycles. The van der Waals surface area contributed by atoms with E-state index in [0.29, 0.717) is 13.2 Å². The lowest BCUT2D eigenvalue weighted by molar-refractivity contribution is 0.215. The smallest absolute Gasteiger partial charge is 0.308 e. The van der Waals surface area contributed by atoms with Gasteiger partial charge >= 0.3 is 7.60 Å². The molecule has 2 aromatic carbocycles. The van der Waals surface area contributed by atoms with Crippen LogP contribution in [0.2, 0.25) is 0 Å². The molecule has 2 aromatic rings. The molecular weight excluding hydrogens is 307 g/mol. The molecule has 0 spiro atoms. The highest BCUT2D eigenvalue weighted by molar-refractivity contribution is 7.54. The van der Waals surface area contributed by atoms with Crippen LogP contribution in [0.3, 0.4) is 0 Å². The number of benzene rings is 2. The summed E-state index contributed by atoms with van der Waals surface area (Å²) in [4.78, 5) is 0. The maximum absolute atomic E-state index is 13.6. The van der Waals surface area contributed by atoms with Gasteiger partial charge in [0.05, 0.1) is 13.2 Å². The summed E-state index contributed by atoms with van der Waals surface area (Å²) in [6, 6.07) is 16.0. The normalized spacial score (nSPS) is 11.9. The van der Waals surface area contributed by atoms with Gasteiger partial charge in [-0.05, 0) is 49.9 Å². The van der Waals surface area contributed by atoms with Crippen LogP contribution < -0.4 is 0 Å². The van der Waals surface area contributed by atoms with Gasteiger partial charge in [0.2, 0.25) is 0 Å². The van der Waals surface area contributed by atoms with Gasteiger partial charge in [0.15, 0.2) is 0 Å². The van der Waals surface area contributed by atoms with Crippen molar-refractivity contribution in [1.29, 1.82) is 0 Å². The fourth-order valence-corrected chi connectivity index (χ4v) is 5.19. The van der Waals surface area contributed by atoms with Crippen LogP contribution in [0, 0.1) is 13.8 Å². The van der Waals surface area contributed by atoms with Crippen LogP contribution in [0.25, 0.3) is 0 Å². The average Bonchev–Trinajstić information content (AvgIpc) is 2.52. The molecule has 0 N–H and O–H groups in total. The summed E-state index contributed by atoms with van der Waals surface area (Å²) in [5.74, 6) is 0. The van der Waals surface area contributed by atoms with E-state index in [1.165, 1.54) is 0 Å². The van der Waals surface area contributed by atoms with Crippen LogP contribution in [-0.4, -0.2) is 13.2 Å². The van der Waals surface area contributed by atoms with Gasteiger partial charge in [-0.3, -0.25) is 4.57 Å². The molecule has 0 saturated carbocycles. The van der Waals surface area contributed by atoms with Gasteiger partial charge in [-0.25, -0.2) is 0 Å². The quantitative estimate of drug-likeness (QED) is 0.614. The monoisotopic (exact) mass is 332 g/mol. The minimum atomic E-state index is -3.33. The van der Waals surface area contributed by atoms with Gasteiger partial charge in [-0.15, -0.1) is 0 Å². The van der Waals surface area contributed by atoms with Crippen LogP contribution in [0.15, 0.2) is 48.5 Å². The highest BCUT2D eigenvalue weighted by Crippen LogP contribution is 2.64. The van der Waals surface area contributed by atoms with Crippen molar-refractivity contribution in [3.8, 4) is 0 Å². The second-order valence-electron chi connectivity index (χ2n) is 5.49. The third kappa shape index (κ3) is 3.92. The Balaban J connectivity index is 2.67. The van der Waals surface area contributed by atoms with E-state index in [2.05, 4.69) is 0 Å². The Bertz CT molecular complexity index is 641. The molecule has 0 saturated heterocycles. The van der Waals surface area contributed by atoms with Gasteiger partial charge in [0.1, 0.15) is 5.66 Å². The van der Waals surface area contributed by atoms with Gasteiger partial charge in [-0.2, -0.15) is 0 Å². The molecule has 0 aliphatic heterocycles. The van der Waals surface area contributed by atoms with E-state index in [1.807, 2.05) is 76.2 Å². The maximum atomic E-state index is 13.6. The molecule has 0 aromatic heterocycles. The zero-order chi connectivity index (χ0) is 16.9. The van der Waals surface area contributed by atoms with Crippen molar-refractivity contribution in [3.63, 3.8) is 0 Å². The summed E-state index contributed by atoms with van der Waals surface area (Å²) in [5.41, 5.74) is 3.74. The predicted octanol–water partition coefficient (Wildman–Crippen LogP) is 5.66. The van der Waals surface area contributed by atoms with E-state index in [0.717, 1.165) is 22.3 Å².